The second-order valence-electron chi connectivity index (χ2n) is 16.1. The fourth-order valence-electron chi connectivity index (χ4n) is 10.3. The Balaban J connectivity index is 1.04. The van der Waals surface area contributed by atoms with E-state index in [0.717, 1.165) is 77.2 Å². The van der Waals surface area contributed by atoms with Crippen molar-refractivity contribution in [3.05, 3.63) is 194 Å². The van der Waals surface area contributed by atoms with E-state index in [1.165, 1.54) is 48.5 Å². The van der Waals surface area contributed by atoms with Crippen molar-refractivity contribution in [3.8, 4) is 22.9 Å². The molecular formula is C56H32N4O. The fraction of sp³-hybridized carbons (Fsp3) is 0. The Labute approximate surface area is 347 Å². The molecule has 10 aromatic carbocycles. The highest BCUT2D eigenvalue weighted by Gasteiger charge is 2.23. The summed E-state index contributed by atoms with van der Waals surface area (Å²) in [5.74, 6) is 0.626. The molecule has 14 rings (SSSR count). The maximum absolute atomic E-state index is 6.36. The van der Waals surface area contributed by atoms with Gasteiger partial charge in [0.05, 0.1) is 33.3 Å². The van der Waals surface area contributed by atoms with E-state index in [1.54, 1.807) is 0 Å². The average Bonchev–Trinajstić information content (AvgIpc) is 3.98. The van der Waals surface area contributed by atoms with Gasteiger partial charge in [0, 0.05) is 49.0 Å². The van der Waals surface area contributed by atoms with E-state index in [-0.39, 0.29) is 0 Å². The molecule has 0 spiro atoms. The first-order chi connectivity index (χ1) is 30.3. The predicted octanol–water partition coefficient (Wildman–Crippen LogP) is 14.8. The van der Waals surface area contributed by atoms with Gasteiger partial charge in [-0.05, 0) is 93.0 Å². The zero-order valence-corrected chi connectivity index (χ0v) is 32.7. The number of aromatic nitrogens is 4. The molecule has 0 N–H and O–H groups in total. The summed E-state index contributed by atoms with van der Waals surface area (Å²) in [6, 6.07) is 69.5. The highest BCUT2D eigenvalue weighted by Crippen LogP contribution is 2.44. The van der Waals surface area contributed by atoms with Gasteiger partial charge in [-0.1, -0.05) is 133 Å². The summed E-state index contributed by atoms with van der Waals surface area (Å²) in [6.07, 6.45) is 0. The standard InChI is InChI=1S/C56H32N4O/c1-2-15-37-35(13-1)36-14-3-4-16-38(36)45-32-34(26-28-39(37)45)59-47-22-10-6-19-43(47)53-49(59)29-30-50-54(53)44-20-7-11-23-48(44)60(50)56-57-46-21-9-5-18-42(46)55(58-56)33-25-27-41-40-17-8-12-24-51(40)61-52(41)31-33/h1-32H. The predicted molar refractivity (Wildman–Crippen MR) is 253 cm³/mol. The van der Waals surface area contributed by atoms with Crippen molar-refractivity contribution >= 4 is 109 Å². The molecular weight excluding hydrogens is 745 g/mol. The summed E-state index contributed by atoms with van der Waals surface area (Å²) in [5, 5.41) is 15.5. The first kappa shape index (κ1) is 32.7. The van der Waals surface area contributed by atoms with Crippen molar-refractivity contribution in [1.29, 1.82) is 0 Å². The second-order valence-corrected chi connectivity index (χ2v) is 16.1. The summed E-state index contributed by atoms with van der Waals surface area (Å²) >= 11 is 0. The van der Waals surface area contributed by atoms with Crippen LogP contribution in [0.4, 0.5) is 0 Å². The Kier molecular flexibility index (Phi) is 6.49. The van der Waals surface area contributed by atoms with Gasteiger partial charge in [-0.3, -0.25) is 4.57 Å². The first-order valence-corrected chi connectivity index (χ1v) is 20.7. The summed E-state index contributed by atoms with van der Waals surface area (Å²) in [7, 11) is 0. The van der Waals surface area contributed by atoms with Gasteiger partial charge >= 0.3 is 0 Å². The lowest BCUT2D eigenvalue weighted by atomic mass is 9.94. The van der Waals surface area contributed by atoms with Gasteiger partial charge in [0.1, 0.15) is 11.2 Å². The van der Waals surface area contributed by atoms with E-state index in [4.69, 9.17) is 14.4 Å². The van der Waals surface area contributed by atoms with E-state index >= 15 is 0 Å². The summed E-state index contributed by atoms with van der Waals surface area (Å²) in [6.45, 7) is 0. The van der Waals surface area contributed by atoms with Gasteiger partial charge in [-0.2, -0.15) is 0 Å². The van der Waals surface area contributed by atoms with Gasteiger partial charge in [0.2, 0.25) is 5.95 Å². The van der Waals surface area contributed by atoms with Crippen molar-refractivity contribution < 1.29 is 4.42 Å². The van der Waals surface area contributed by atoms with Crippen molar-refractivity contribution in [2.75, 3.05) is 0 Å². The van der Waals surface area contributed by atoms with E-state index in [2.05, 4.69) is 185 Å². The molecule has 61 heavy (non-hydrogen) atoms. The monoisotopic (exact) mass is 776 g/mol. The molecule has 5 nitrogen and oxygen atoms in total. The number of fused-ring (bicyclic) bond motifs is 17. The maximum Gasteiger partial charge on any atom is 0.235 e. The SMILES string of the molecule is c1ccc2c(-c3ccc4c(c3)oc3ccccc34)nc(-n3c4ccccc4c4c5c6ccccc6n(-c6ccc7c8ccccc8c8ccccc8c7c6)c5ccc43)nc2c1. The van der Waals surface area contributed by atoms with Crippen LogP contribution in [0.3, 0.4) is 0 Å². The Morgan fingerprint density at radius 2 is 0.836 bits per heavy atom. The zero-order valence-electron chi connectivity index (χ0n) is 32.7. The molecule has 5 heteroatoms. The lowest BCUT2D eigenvalue weighted by molar-refractivity contribution is 0.669. The van der Waals surface area contributed by atoms with Crippen LogP contribution in [0.15, 0.2) is 199 Å². The third kappa shape index (κ3) is 4.49. The number of nitrogens with zero attached hydrogens (tertiary/aromatic N) is 4. The van der Waals surface area contributed by atoms with Crippen LogP contribution >= 0.6 is 0 Å². The highest BCUT2D eigenvalue weighted by molar-refractivity contribution is 6.29. The number of rotatable bonds is 3. The number of furan rings is 1. The van der Waals surface area contributed by atoms with E-state index in [9.17, 15) is 0 Å². The van der Waals surface area contributed by atoms with Crippen LogP contribution in [0.1, 0.15) is 0 Å². The lowest BCUT2D eigenvalue weighted by Gasteiger charge is -2.14. The number of para-hydroxylation sites is 4. The molecule has 0 saturated carbocycles. The molecule has 0 aliphatic carbocycles. The maximum atomic E-state index is 6.36. The van der Waals surface area contributed by atoms with Crippen LogP contribution in [-0.4, -0.2) is 19.1 Å². The normalized spacial score (nSPS) is 12.3. The second kappa shape index (κ2) is 12.1. The summed E-state index contributed by atoms with van der Waals surface area (Å²) in [5.41, 5.74) is 10.0. The topological polar surface area (TPSA) is 48.8 Å². The van der Waals surface area contributed by atoms with Gasteiger partial charge in [-0.15, -0.1) is 0 Å². The molecule has 0 radical (unpaired) electrons. The Hall–Kier alpha value is -8.28. The average molecular weight is 777 g/mol. The van der Waals surface area contributed by atoms with Gasteiger partial charge in [0.25, 0.3) is 0 Å². The lowest BCUT2D eigenvalue weighted by Crippen LogP contribution is -2.03. The minimum Gasteiger partial charge on any atom is -0.456 e. The molecule has 0 atom stereocenters. The van der Waals surface area contributed by atoms with Gasteiger partial charge in [-0.25, -0.2) is 9.97 Å². The van der Waals surface area contributed by atoms with E-state index in [1.807, 2.05) is 18.2 Å². The molecule has 0 bridgehead atoms. The van der Waals surface area contributed by atoms with Crippen LogP contribution in [0.25, 0.3) is 132 Å². The molecule has 0 aliphatic rings. The molecule has 4 heterocycles. The van der Waals surface area contributed by atoms with Gasteiger partial charge < -0.3 is 8.98 Å². The van der Waals surface area contributed by atoms with Crippen molar-refractivity contribution in [2.45, 2.75) is 0 Å². The molecule has 4 aromatic heterocycles. The molecule has 0 amide bonds. The van der Waals surface area contributed by atoms with Crippen LogP contribution in [0.5, 0.6) is 0 Å². The number of hydrogen-bond donors (Lipinski definition) is 0. The fourth-order valence-corrected chi connectivity index (χ4v) is 10.3. The molecule has 0 aliphatic heterocycles. The van der Waals surface area contributed by atoms with Crippen molar-refractivity contribution in [3.63, 3.8) is 0 Å². The number of hydrogen-bond acceptors (Lipinski definition) is 3. The first-order valence-electron chi connectivity index (χ1n) is 20.7. The molecule has 0 saturated heterocycles. The van der Waals surface area contributed by atoms with Crippen molar-refractivity contribution in [2.24, 2.45) is 0 Å². The smallest absolute Gasteiger partial charge is 0.235 e. The van der Waals surface area contributed by atoms with Crippen LogP contribution in [0.2, 0.25) is 0 Å². The van der Waals surface area contributed by atoms with Crippen LogP contribution < -0.4 is 0 Å². The van der Waals surface area contributed by atoms with Crippen molar-refractivity contribution in [1.82, 2.24) is 19.1 Å². The number of benzene rings is 10. The van der Waals surface area contributed by atoms with Crippen LogP contribution in [0, 0.1) is 0 Å². The Bertz CT molecular complexity index is 4150. The molecule has 0 fully saturated rings. The molecule has 14 aromatic rings. The minimum atomic E-state index is 0.626. The largest absolute Gasteiger partial charge is 0.456 e. The molecule has 282 valence electrons. The summed E-state index contributed by atoms with van der Waals surface area (Å²) < 4.78 is 11.1. The zero-order chi connectivity index (χ0) is 39.8. The summed E-state index contributed by atoms with van der Waals surface area (Å²) in [4.78, 5) is 10.7. The Morgan fingerprint density at radius 3 is 1.54 bits per heavy atom. The minimum absolute atomic E-state index is 0.626. The van der Waals surface area contributed by atoms with Gasteiger partial charge in [0.15, 0.2) is 0 Å². The molecule has 0 unspecified atom stereocenters. The third-order valence-electron chi connectivity index (χ3n) is 12.9. The van der Waals surface area contributed by atoms with E-state index in [0.29, 0.717) is 5.95 Å². The third-order valence-corrected chi connectivity index (χ3v) is 12.9. The Morgan fingerprint density at radius 1 is 0.328 bits per heavy atom. The van der Waals surface area contributed by atoms with E-state index < -0.39 is 0 Å². The van der Waals surface area contributed by atoms with Crippen LogP contribution in [-0.2, 0) is 0 Å². The quantitative estimate of drug-likeness (QED) is 0.168. The highest BCUT2D eigenvalue weighted by atomic mass is 16.3.